The second-order valence-corrected chi connectivity index (χ2v) is 15.4. The average molecular weight is 821 g/mol. The Hall–Kier alpha value is -4.07. The van der Waals surface area contributed by atoms with Gasteiger partial charge in [-0.05, 0) is 45.0 Å². The van der Waals surface area contributed by atoms with Crippen molar-refractivity contribution >= 4 is 103 Å². The van der Waals surface area contributed by atoms with Crippen LogP contribution in [-0.2, 0) is 4.74 Å². The second kappa shape index (κ2) is 16.1. The van der Waals surface area contributed by atoms with Gasteiger partial charge in [0.05, 0.1) is 20.1 Å². The van der Waals surface area contributed by atoms with Crippen molar-refractivity contribution in [1.29, 1.82) is 0 Å². The molecule has 0 radical (unpaired) electrons. The van der Waals surface area contributed by atoms with Crippen LogP contribution in [0.5, 0.6) is 0 Å². The van der Waals surface area contributed by atoms with E-state index in [0.717, 1.165) is 27.4 Å². The van der Waals surface area contributed by atoms with Crippen molar-refractivity contribution in [1.82, 2.24) is 30.2 Å². The zero-order chi connectivity index (χ0) is 38.0. The van der Waals surface area contributed by atoms with Crippen LogP contribution in [0.1, 0.15) is 20.8 Å². The molecule has 278 valence electrons. The van der Waals surface area contributed by atoms with Gasteiger partial charge >= 0.3 is 12.2 Å². The molecule has 2 aliphatic heterocycles. The van der Waals surface area contributed by atoms with Gasteiger partial charge in [-0.25, -0.2) is 9.59 Å². The molecule has 12 nitrogen and oxygen atoms in total. The molecular formula is C36H35Cl5N8O4. The topological polar surface area (TPSA) is 128 Å². The number of aromatic nitrogens is 4. The zero-order valence-corrected chi connectivity index (χ0v) is 32.8. The number of fused-ring (bicyclic) bond motifs is 2. The normalized spacial score (nSPS) is 15.0. The monoisotopic (exact) mass is 818 g/mol. The molecule has 2 aromatic heterocycles. The molecular weight excluding hydrogens is 786 g/mol. The van der Waals surface area contributed by atoms with Crippen molar-refractivity contribution < 1.29 is 19.4 Å². The van der Waals surface area contributed by atoms with E-state index < -0.39 is 11.7 Å². The zero-order valence-electron chi connectivity index (χ0n) is 29.0. The van der Waals surface area contributed by atoms with Crippen molar-refractivity contribution in [2.24, 2.45) is 0 Å². The van der Waals surface area contributed by atoms with Crippen molar-refractivity contribution in [3.05, 3.63) is 79.8 Å². The lowest BCUT2D eigenvalue weighted by Crippen LogP contribution is -2.50. The molecule has 7 rings (SSSR count). The molecule has 5 aromatic rings. The maximum atomic E-state index is 12.2. The Morgan fingerprint density at radius 2 is 1.08 bits per heavy atom. The van der Waals surface area contributed by atoms with E-state index in [9.17, 15) is 9.59 Å². The number of halogens is 5. The number of nitrogens with zero attached hydrogens (tertiary/aromatic N) is 8. The van der Waals surface area contributed by atoms with Crippen molar-refractivity contribution in [2.75, 3.05) is 62.2 Å². The summed E-state index contributed by atoms with van der Waals surface area (Å²) in [6.45, 7) is 9.74. The summed E-state index contributed by atoms with van der Waals surface area (Å²) >= 11 is 31.0. The fourth-order valence-electron chi connectivity index (χ4n) is 6.05. The predicted octanol–water partition coefficient (Wildman–Crippen LogP) is 9.05. The van der Waals surface area contributed by atoms with E-state index in [1.165, 1.54) is 4.90 Å². The van der Waals surface area contributed by atoms with Gasteiger partial charge in [0.25, 0.3) is 0 Å². The summed E-state index contributed by atoms with van der Waals surface area (Å²) in [5, 5.41) is 31.5. The van der Waals surface area contributed by atoms with Gasteiger partial charge in [0.2, 0.25) is 0 Å². The highest BCUT2D eigenvalue weighted by Gasteiger charge is 2.28. The van der Waals surface area contributed by atoms with Crippen LogP contribution < -0.4 is 9.80 Å². The third-order valence-electron chi connectivity index (χ3n) is 8.69. The molecule has 1 N–H and O–H groups in total. The minimum Gasteiger partial charge on any atom is -0.465 e. The van der Waals surface area contributed by atoms with Crippen LogP contribution in [0.15, 0.2) is 54.6 Å². The number of hydrogen-bond acceptors (Lipinski definition) is 9. The lowest BCUT2D eigenvalue weighted by molar-refractivity contribution is 0.0240. The lowest BCUT2D eigenvalue weighted by Gasteiger charge is -2.36. The van der Waals surface area contributed by atoms with Crippen LogP contribution >= 0.6 is 58.0 Å². The molecule has 0 saturated carbocycles. The second-order valence-electron chi connectivity index (χ2n) is 13.4. The Labute approximate surface area is 331 Å². The molecule has 0 aliphatic carbocycles. The number of carbonyl (C=O) groups excluding carboxylic acids is 1. The minimum atomic E-state index is -0.903. The van der Waals surface area contributed by atoms with Gasteiger partial charge in [-0.1, -0.05) is 88.3 Å². The first kappa shape index (κ1) is 38.6. The predicted molar refractivity (Wildman–Crippen MR) is 211 cm³/mol. The van der Waals surface area contributed by atoms with Crippen LogP contribution in [-0.4, -0.2) is 105 Å². The van der Waals surface area contributed by atoms with Crippen LogP contribution in [0.2, 0.25) is 25.2 Å². The number of carbonyl (C=O) groups is 2. The number of ether oxygens (including phenoxy) is 1. The van der Waals surface area contributed by atoms with E-state index >= 15 is 0 Å². The molecule has 0 unspecified atom stereocenters. The van der Waals surface area contributed by atoms with E-state index in [0.29, 0.717) is 89.5 Å². The highest BCUT2D eigenvalue weighted by molar-refractivity contribution is 6.44. The fraction of sp³-hybridized carbons (Fsp3) is 0.333. The van der Waals surface area contributed by atoms with Gasteiger partial charge in [-0.15, -0.1) is 20.4 Å². The smallest absolute Gasteiger partial charge is 0.410 e. The average Bonchev–Trinajstić information content (AvgIpc) is 3.13. The minimum absolute atomic E-state index is 0.273. The molecule has 2 aliphatic rings. The molecule has 0 atom stereocenters. The summed E-state index contributed by atoms with van der Waals surface area (Å²) in [6, 6.07) is 16.8. The van der Waals surface area contributed by atoms with Gasteiger partial charge < -0.3 is 29.4 Å². The molecule has 2 saturated heterocycles. The standard InChI is InChI=1S/C19H16Cl2N4O2.C17H19Cl3N4O2/c20-15-10-13-14(11-16(15)21)18(24-6-8-25(9-7-24)19(26)27)23-22-17(13)12-4-2-1-3-5-12;1-17(2,3)26-16(25)24-6-4-23(5-7-24)15-11-9-13(19)12(18)8-10(11)14(20)21-22-15/h1-5,10-11H,6-9H2,(H,26,27);8-9H,4-7H2,1-3H3. The fourth-order valence-corrected chi connectivity index (χ4v) is 6.90. The van der Waals surface area contributed by atoms with Crippen molar-refractivity contribution in [2.45, 2.75) is 26.4 Å². The molecule has 3 aromatic carbocycles. The van der Waals surface area contributed by atoms with Crippen LogP contribution in [0.25, 0.3) is 32.8 Å². The van der Waals surface area contributed by atoms with Crippen molar-refractivity contribution in [3.63, 3.8) is 0 Å². The number of piperazine rings is 2. The van der Waals surface area contributed by atoms with Gasteiger partial charge in [0.1, 0.15) is 11.3 Å². The maximum Gasteiger partial charge on any atom is 0.410 e. The summed E-state index contributed by atoms with van der Waals surface area (Å²) in [4.78, 5) is 30.5. The van der Waals surface area contributed by atoms with Crippen LogP contribution in [0, 0.1) is 0 Å². The Morgan fingerprint density at radius 1 is 0.623 bits per heavy atom. The Kier molecular flexibility index (Phi) is 11.8. The van der Waals surface area contributed by atoms with E-state index in [4.69, 9.17) is 67.8 Å². The van der Waals surface area contributed by atoms with E-state index in [1.54, 1.807) is 23.1 Å². The number of anilines is 2. The van der Waals surface area contributed by atoms with E-state index in [1.807, 2.05) is 62.1 Å². The molecule has 2 amide bonds. The summed E-state index contributed by atoms with van der Waals surface area (Å²) in [5.41, 5.74) is 1.16. The summed E-state index contributed by atoms with van der Waals surface area (Å²) in [7, 11) is 0. The first-order valence-corrected chi connectivity index (χ1v) is 18.6. The Balaban J connectivity index is 0.000000182. The third kappa shape index (κ3) is 8.84. The largest absolute Gasteiger partial charge is 0.465 e. The molecule has 4 heterocycles. The first-order valence-electron chi connectivity index (χ1n) is 16.7. The van der Waals surface area contributed by atoms with Gasteiger partial charge in [0.15, 0.2) is 16.8 Å². The maximum absolute atomic E-state index is 12.2. The van der Waals surface area contributed by atoms with Gasteiger partial charge in [-0.3, -0.25) is 0 Å². The quantitative estimate of drug-likeness (QED) is 0.188. The van der Waals surface area contributed by atoms with Crippen molar-refractivity contribution in [3.8, 4) is 11.3 Å². The van der Waals surface area contributed by atoms with Gasteiger partial charge in [-0.2, -0.15) is 0 Å². The highest BCUT2D eigenvalue weighted by Crippen LogP contribution is 2.38. The van der Waals surface area contributed by atoms with E-state index in [2.05, 4.69) is 25.3 Å². The SMILES string of the molecule is CC(C)(C)OC(=O)N1CCN(c2nnc(Cl)c3cc(Cl)c(Cl)cc23)CC1.O=C(O)N1CCN(c2nnc(-c3ccccc3)c3cc(Cl)c(Cl)cc23)CC1. The molecule has 0 bridgehead atoms. The lowest BCUT2D eigenvalue weighted by atomic mass is 10.0. The molecule has 17 heteroatoms. The Morgan fingerprint density at radius 3 is 1.58 bits per heavy atom. The first-order chi connectivity index (χ1) is 25.2. The number of hydrogen-bond donors (Lipinski definition) is 1. The number of carboxylic acid groups (broad SMARTS) is 1. The third-order valence-corrected chi connectivity index (χ3v) is 10.4. The van der Waals surface area contributed by atoms with E-state index in [-0.39, 0.29) is 11.2 Å². The molecule has 2 fully saturated rings. The van der Waals surface area contributed by atoms with Gasteiger partial charge in [0, 0.05) is 79.5 Å². The molecule has 0 spiro atoms. The van der Waals surface area contributed by atoms with Crippen LogP contribution in [0.4, 0.5) is 21.2 Å². The summed E-state index contributed by atoms with van der Waals surface area (Å²) in [5.74, 6) is 1.36. The number of benzene rings is 3. The highest BCUT2D eigenvalue weighted by atomic mass is 35.5. The summed E-state index contributed by atoms with van der Waals surface area (Å²) < 4.78 is 5.42. The number of rotatable bonds is 3. The summed E-state index contributed by atoms with van der Waals surface area (Å²) in [6.07, 6.45) is -1.21. The number of amides is 2. The van der Waals surface area contributed by atoms with Crippen LogP contribution in [0.3, 0.4) is 0 Å². The Bertz CT molecular complexity index is 2160. The molecule has 53 heavy (non-hydrogen) atoms.